The Labute approximate surface area is 176 Å². The van der Waals surface area contributed by atoms with Crippen LogP contribution in [0, 0.1) is 0 Å². The number of nitrogens with one attached hydrogen (secondary N) is 3. The van der Waals surface area contributed by atoms with Crippen LogP contribution >= 0.6 is 23.1 Å². The number of aromatic nitrogens is 1. The molecule has 0 aliphatic rings. The zero-order valence-electron chi connectivity index (χ0n) is 15.9. The number of anilines is 3. The van der Waals surface area contributed by atoms with Crippen molar-refractivity contribution in [1.82, 2.24) is 4.98 Å². The number of benzene rings is 2. The van der Waals surface area contributed by atoms with Gasteiger partial charge >= 0.3 is 6.03 Å². The van der Waals surface area contributed by atoms with Crippen LogP contribution in [0.5, 0.6) is 5.75 Å². The topological polar surface area (TPSA) is 92.3 Å². The van der Waals surface area contributed by atoms with Crippen LogP contribution in [0.1, 0.15) is 5.69 Å². The van der Waals surface area contributed by atoms with Crippen molar-refractivity contribution in [2.45, 2.75) is 11.3 Å². The van der Waals surface area contributed by atoms with E-state index in [0.29, 0.717) is 22.3 Å². The second-order valence-corrected chi connectivity index (χ2v) is 7.55. The van der Waals surface area contributed by atoms with Crippen molar-refractivity contribution < 1.29 is 14.3 Å². The summed E-state index contributed by atoms with van der Waals surface area (Å²) >= 11 is 2.82. The zero-order valence-corrected chi connectivity index (χ0v) is 17.5. The van der Waals surface area contributed by atoms with E-state index in [2.05, 4.69) is 20.9 Å². The summed E-state index contributed by atoms with van der Waals surface area (Å²) < 4.78 is 5.21. The van der Waals surface area contributed by atoms with E-state index in [4.69, 9.17) is 4.74 Å². The van der Waals surface area contributed by atoms with Gasteiger partial charge in [-0.15, -0.1) is 23.1 Å². The summed E-state index contributed by atoms with van der Waals surface area (Å²) in [7, 11) is 1.54. The van der Waals surface area contributed by atoms with Gasteiger partial charge in [-0.25, -0.2) is 9.78 Å². The van der Waals surface area contributed by atoms with Crippen LogP contribution in [-0.4, -0.2) is 30.3 Å². The molecule has 0 spiro atoms. The summed E-state index contributed by atoms with van der Waals surface area (Å²) in [6.07, 6.45) is 2.08. The molecule has 3 rings (SSSR count). The molecule has 3 N–H and O–H groups in total. The highest BCUT2D eigenvalue weighted by atomic mass is 32.2. The van der Waals surface area contributed by atoms with Crippen molar-refractivity contribution in [2.24, 2.45) is 0 Å². The molecule has 29 heavy (non-hydrogen) atoms. The Bertz CT molecular complexity index is 929. The molecule has 2 aromatic carbocycles. The lowest BCUT2D eigenvalue weighted by atomic mass is 10.3. The van der Waals surface area contributed by atoms with Crippen LogP contribution in [-0.2, 0) is 11.2 Å². The molecule has 0 aliphatic carbocycles. The molecule has 0 aliphatic heterocycles. The summed E-state index contributed by atoms with van der Waals surface area (Å²) in [5.41, 5.74) is 1.91. The predicted molar refractivity (Wildman–Crippen MR) is 118 cm³/mol. The molecule has 0 atom stereocenters. The fourth-order valence-corrected chi connectivity index (χ4v) is 3.81. The Balaban J connectivity index is 1.56. The third-order valence-corrected chi connectivity index (χ3v) is 5.45. The van der Waals surface area contributed by atoms with Gasteiger partial charge in [0, 0.05) is 10.3 Å². The van der Waals surface area contributed by atoms with Crippen LogP contribution < -0.4 is 20.7 Å². The summed E-state index contributed by atoms with van der Waals surface area (Å²) in [4.78, 5) is 29.8. The van der Waals surface area contributed by atoms with Crippen LogP contribution in [0.3, 0.4) is 0 Å². The molecule has 1 aromatic heterocycles. The van der Waals surface area contributed by atoms with E-state index in [9.17, 15) is 9.59 Å². The number of rotatable bonds is 7. The lowest BCUT2D eigenvalue weighted by molar-refractivity contribution is -0.115. The minimum atomic E-state index is -0.436. The average molecular weight is 429 g/mol. The highest BCUT2D eigenvalue weighted by Crippen LogP contribution is 2.25. The fourth-order valence-electron chi connectivity index (χ4n) is 2.55. The molecule has 150 valence electrons. The fraction of sp³-hybridized carbons (Fsp3) is 0.150. The monoisotopic (exact) mass is 428 g/mol. The smallest absolute Gasteiger partial charge is 0.325 e. The summed E-state index contributed by atoms with van der Waals surface area (Å²) in [5, 5.41) is 10.4. The van der Waals surface area contributed by atoms with E-state index < -0.39 is 6.03 Å². The highest BCUT2D eigenvalue weighted by molar-refractivity contribution is 7.98. The average Bonchev–Trinajstić information content (AvgIpc) is 3.15. The minimum Gasteiger partial charge on any atom is -0.495 e. The second-order valence-electron chi connectivity index (χ2n) is 5.85. The minimum absolute atomic E-state index is 0.120. The molecule has 0 saturated heterocycles. The molecule has 0 saturated carbocycles. The predicted octanol–water partition coefficient (Wildman–Crippen LogP) is 4.70. The number of ether oxygens (including phenoxy) is 1. The normalized spacial score (nSPS) is 10.3. The van der Waals surface area contributed by atoms with Crippen LogP contribution in [0.15, 0.2) is 58.8 Å². The molecule has 0 radical (unpaired) electrons. The maximum absolute atomic E-state index is 12.3. The summed E-state index contributed by atoms with van der Waals surface area (Å²) in [5.74, 6) is 0.395. The van der Waals surface area contributed by atoms with Gasteiger partial charge in [0.15, 0.2) is 5.13 Å². The van der Waals surface area contributed by atoms with E-state index in [1.54, 1.807) is 35.3 Å². The van der Waals surface area contributed by atoms with Gasteiger partial charge in [0.2, 0.25) is 5.91 Å². The van der Waals surface area contributed by atoms with Crippen molar-refractivity contribution in [1.29, 1.82) is 0 Å². The summed E-state index contributed by atoms with van der Waals surface area (Å²) in [6.45, 7) is 0. The molecular formula is C20H20N4O3S2. The number of thiazole rings is 1. The Morgan fingerprint density at radius 3 is 2.52 bits per heavy atom. The number of amides is 3. The number of hydrogen-bond acceptors (Lipinski definition) is 6. The van der Waals surface area contributed by atoms with Crippen LogP contribution in [0.25, 0.3) is 0 Å². The number of urea groups is 1. The number of methoxy groups -OCH3 is 1. The van der Waals surface area contributed by atoms with Gasteiger partial charge in [-0.05, 0) is 30.5 Å². The van der Waals surface area contributed by atoms with E-state index in [1.807, 2.05) is 36.6 Å². The lowest BCUT2D eigenvalue weighted by Gasteiger charge is -2.09. The van der Waals surface area contributed by atoms with Gasteiger partial charge in [-0.1, -0.05) is 24.3 Å². The third kappa shape index (κ3) is 5.72. The number of hydrogen-bond donors (Lipinski definition) is 3. The first-order chi connectivity index (χ1) is 14.1. The second kappa shape index (κ2) is 9.94. The van der Waals surface area contributed by atoms with E-state index in [-0.39, 0.29) is 12.3 Å². The lowest BCUT2D eigenvalue weighted by Crippen LogP contribution is -2.20. The Morgan fingerprint density at radius 1 is 1.03 bits per heavy atom. The van der Waals surface area contributed by atoms with Crippen molar-refractivity contribution in [3.05, 3.63) is 59.6 Å². The van der Waals surface area contributed by atoms with Gasteiger partial charge in [-0.2, -0.15) is 0 Å². The van der Waals surface area contributed by atoms with Crippen molar-refractivity contribution in [2.75, 3.05) is 29.3 Å². The maximum atomic E-state index is 12.3. The van der Waals surface area contributed by atoms with Crippen molar-refractivity contribution in [3.8, 4) is 5.75 Å². The van der Waals surface area contributed by atoms with Crippen molar-refractivity contribution >= 4 is 51.5 Å². The Hall–Kier alpha value is -3.04. The van der Waals surface area contributed by atoms with Crippen molar-refractivity contribution in [3.63, 3.8) is 0 Å². The SMILES string of the molecule is COc1ccccc1NC(=O)Nc1nc(CC(=O)Nc2ccccc2SC)cs1. The van der Waals surface area contributed by atoms with E-state index in [0.717, 1.165) is 10.6 Å². The number of carbonyl (C=O) groups excluding carboxylic acids is 2. The van der Waals surface area contributed by atoms with E-state index in [1.165, 1.54) is 18.4 Å². The van der Waals surface area contributed by atoms with Gasteiger partial charge in [0.05, 0.1) is 30.6 Å². The third-order valence-electron chi connectivity index (χ3n) is 3.85. The molecule has 0 unspecified atom stereocenters. The number of para-hydroxylation sites is 3. The van der Waals surface area contributed by atoms with Gasteiger partial charge in [0.1, 0.15) is 5.75 Å². The maximum Gasteiger partial charge on any atom is 0.325 e. The molecule has 1 heterocycles. The zero-order chi connectivity index (χ0) is 20.6. The first kappa shape index (κ1) is 20.7. The standard InChI is InChI=1S/C20H20N4O3S2/c1-27-16-9-5-3-7-14(16)23-19(26)24-20-21-13(12-29-20)11-18(25)22-15-8-4-6-10-17(15)28-2/h3-10,12H,11H2,1-2H3,(H,22,25)(H2,21,23,24,26). The van der Waals surface area contributed by atoms with E-state index >= 15 is 0 Å². The Morgan fingerprint density at radius 2 is 1.76 bits per heavy atom. The molecule has 3 aromatic rings. The number of thioether (sulfide) groups is 1. The number of nitrogens with zero attached hydrogens (tertiary/aromatic N) is 1. The highest BCUT2D eigenvalue weighted by Gasteiger charge is 2.12. The molecule has 0 bridgehead atoms. The van der Waals surface area contributed by atoms with Crippen LogP contribution in [0.2, 0.25) is 0 Å². The van der Waals surface area contributed by atoms with Crippen LogP contribution in [0.4, 0.5) is 21.3 Å². The first-order valence-electron chi connectivity index (χ1n) is 8.67. The van der Waals surface area contributed by atoms with Gasteiger partial charge in [0.25, 0.3) is 0 Å². The Kier molecular flexibility index (Phi) is 7.09. The van der Waals surface area contributed by atoms with Gasteiger partial charge in [-0.3, -0.25) is 10.1 Å². The molecule has 9 heteroatoms. The largest absolute Gasteiger partial charge is 0.495 e. The molecular weight excluding hydrogens is 408 g/mol. The molecule has 0 fully saturated rings. The van der Waals surface area contributed by atoms with Gasteiger partial charge < -0.3 is 15.4 Å². The molecule has 3 amide bonds. The number of carbonyl (C=O) groups is 2. The molecule has 7 nitrogen and oxygen atoms in total. The summed E-state index contributed by atoms with van der Waals surface area (Å²) in [6, 6.07) is 14.3. The quantitative estimate of drug-likeness (QED) is 0.475. The first-order valence-corrected chi connectivity index (χ1v) is 10.8.